The van der Waals surface area contributed by atoms with Crippen LogP contribution in [0.4, 0.5) is 0 Å². The van der Waals surface area contributed by atoms with E-state index in [1.54, 1.807) is 65.3 Å². The third kappa shape index (κ3) is 10.2. The van der Waals surface area contributed by atoms with Gasteiger partial charge in [0.15, 0.2) is 16.9 Å². The molecule has 2 N–H and O–H groups in total. The summed E-state index contributed by atoms with van der Waals surface area (Å²) in [6.45, 7) is 6.87. The van der Waals surface area contributed by atoms with Crippen LogP contribution in [0.3, 0.4) is 0 Å². The quantitative estimate of drug-likeness (QED) is 0.141. The van der Waals surface area contributed by atoms with Crippen molar-refractivity contribution in [2.75, 3.05) is 13.2 Å². The second-order valence-corrected chi connectivity index (χ2v) is 19.5. The topological polar surface area (TPSA) is 272 Å². The van der Waals surface area contributed by atoms with Crippen LogP contribution in [0.1, 0.15) is 33.6 Å². The second-order valence-electron chi connectivity index (χ2n) is 19.5. The Labute approximate surface area is 459 Å². The lowest BCUT2D eigenvalue weighted by Crippen LogP contribution is -2.04. The van der Waals surface area contributed by atoms with Gasteiger partial charge in [-0.05, 0) is 84.5 Å². The number of aryl methyl sites for hydroxylation is 3. The zero-order chi connectivity index (χ0) is 55.0. The first-order valence-corrected chi connectivity index (χ1v) is 26.1. The van der Waals surface area contributed by atoms with Gasteiger partial charge in [0.1, 0.15) is 0 Å². The molecule has 1 aliphatic carbocycles. The Bertz CT molecular complexity index is 4600. The normalized spacial score (nSPS) is 12.1. The maximum absolute atomic E-state index is 9.05. The molecule has 0 saturated carbocycles. The number of nitrogens with zero attached hydrogens (tertiary/aromatic N) is 23. The number of rotatable bonds is 13. The summed E-state index contributed by atoms with van der Waals surface area (Å²) in [7, 11) is 1.88. The van der Waals surface area contributed by atoms with E-state index >= 15 is 0 Å². The molecule has 0 saturated heterocycles. The van der Waals surface area contributed by atoms with E-state index < -0.39 is 0 Å². The largest absolute Gasteiger partial charge is 0.394 e. The van der Waals surface area contributed by atoms with Crippen molar-refractivity contribution in [3.8, 4) is 33.8 Å². The van der Waals surface area contributed by atoms with Crippen LogP contribution in [0.5, 0.6) is 0 Å². The Balaban J connectivity index is 0.000000114. The van der Waals surface area contributed by atoms with Crippen LogP contribution in [-0.2, 0) is 46.2 Å². The molecule has 0 spiro atoms. The predicted octanol–water partition coefficient (Wildman–Crippen LogP) is 5.63. The summed E-state index contributed by atoms with van der Waals surface area (Å²) in [5.74, 6) is 0. The molecule has 15 rings (SSSR count). The lowest BCUT2D eigenvalue weighted by atomic mass is 10.1. The van der Waals surface area contributed by atoms with Gasteiger partial charge in [0.2, 0.25) is 16.9 Å². The minimum Gasteiger partial charge on any atom is -0.394 e. The molecule has 0 radical (unpaired) electrons. The summed E-state index contributed by atoms with van der Waals surface area (Å²) in [6, 6.07) is 25.2. The van der Waals surface area contributed by atoms with E-state index in [2.05, 4.69) is 175 Å². The molecule has 1 aliphatic rings. The minimum absolute atomic E-state index is 0.0355. The summed E-state index contributed by atoms with van der Waals surface area (Å²) in [5.41, 5.74) is 19.0. The van der Waals surface area contributed by atoms with E-state index in [1.807, 2.05) is 25.6 Å². The molecule has 0 fully saturated rings. The number of benzene rings is 1. The van der Waals surface area contributed by atoms with Crippen molar-refractivity contribution in [2.45, 2.75) is 53.0 Å². The van der Waals surface area contributed by atoms with Crippen LogP contribution >= 0.6 is 0 Å². The molecule has 0 aliphatic heterocycles. The fourth-order valence-electron chi connectivity index (χ4n) is 9.76. The monoisotopic (exact) mass is 1080 g/mol. The van der Waals surface area contributed by atoms with E-state index in [1.165, 1.54) is 33.6 Å². The number of hydrogen-bond donors (Lipinski definition) is 2. The van der Waals surface area contributed by atoms with Gasteiger partial charge in [0.05, 0.1) is 100 Å². The van der Waals surface area contributed by atoms with Crippen molar-refractivity contribution in [3.63, 3.8) is 0 Å². The van der Waals surface area contributed by atoms with Gasteiger partial charge in [-0.2, -0.15) is 15.3 Å². The van der Waals surface area contributed by atoms with E-state index in [4.69, 9.17) is 25.2 Å². The van der Waals surface area contributed by atoms with Gasteiger partial charge in [-0.25, -0.2) is 43.9 Å². The van der Waals surface area contributed by atoms with Gasteiger partial charge in [-0.15, -0.1) is 15.3 Å². The average Bonchev–Trinajstić information content (AvgIpc) is 4.43. The highest BCUT2D eigenvalue weighted by molar-refractivity contribution is 5.76. The lowest BCUT2D eigenvalue weighted by molar-refractivity contribution is 0.269. The summed E-state index contributed by atoms with van der Waals surface area (Å²) in [5, 5.41) is 55.8. The molecular weight excluding hydrogens is 1030 g/mol. The summed E-state index contributed by atoms with van der Waals surface area (Å²) < 4.78 is 14.7. The molecular formula is C56H51N23O2. The number of fused-ring (bicyclic) bond motifs is 6. The molecule has 13 aromatic heterocycles. The maximum atomic E-state index is 9.05. The van der Waals surface area contributed by atoms with E-state index in [0.717, 1.165) is 45.4 Å². The number of hydrogen-bond acceptors (Lipinski definition) is 17. The Morgan fingerprint density at radius 3 is 1.42 bits per heavy atom. The highest BCUT2D eigenvalue weighted by Gasteiger charge is 2.19. The molecule has 25 nitrogen and oxygen atoms in total. The molecule has 14 aromatic rings. The zero-order valence-electron chi connectivity index (χ0n) is 44.2. The Kier molecular flexibility index (Phi) is 13.2. The summed E-state index contributed by atoms with van der Waals surface area (Å²) in [6.07, 6.45) is 23.2. The van der Waals surface area contributed by atoms with Crippen LogP contribution in [0.2, 0.25) is 0 Å². The Hall–Kier alpha value is -10.5. The van der Waals surface area contributed by atoms with Gasteiger partial charge >= 0.3 is 0 Å². The number of pyridine rings is 2. The average molecular weight is 1080 g/mol. The van der Waals surface area contributed by atoms with E-state index in [-0.39, 0.29) is 13.2 Å². The molecule has 0 atom stereocenters. The van der Waals surface area contributed by atoms with Gasteiger partial charge in [0.25, 0.3) is 0 Å². The van der Waals surface area contributed by atoms with Crippen LogP contribution in [0, 0.1) is 13.8 Å². The third-order valence-electron chi connectivity index (χ3n) is 13.9. The van der Waals surface area contributed by atoms with Crippen molar-refractivity contribution < 1.29 is 10.2 Å². The molecule has 1 aromatic carbocycles. The standard InChI is InChI=1S/C19H18N8O.C19H17N7O.C18H16N8/c1-13-2-4-16-5-3-14(10-26(13)16)11-27-19-18(23-24-27)20-9-17(22-19)15-8-21-25(12-15)6-7-28;27-8-7-25-11-15(9-21-25)17-10-20-18-19(22-17)26(24-23-18)12-14-6-5-13-3-1-2-4-16(13)14;1-12-3-5-15-6-4-13(9-25(12)15)10-26-18-17(22-23-26)19-8-16(21-18)14-7-20-24(2)11-14/h2-5,8-10,12,28H,6-7,11H2,1H3;1-4,6,9-11,27H,5,7-8,12H2;3-9,11H,10H2,1-2H3. The highest BCUT2D eigenvalue weighted by Crippen LogP contribution is 2.29. The number of aliphatic hydroxyl groups is 2. The van der Waals surface area contributed by atoms with E-state index in [0.29, 0.717) is 78.0 Å². The van der Waals surface area contributed by atoms with Crippen molar-refractivity contribution in [3.05, 3.63) is 181 Å². The first kappa shape index (κ1) is 50.0. The van der Waals surface area contributed by atoms with Crippen LogP contribution in [-0.4, -0.2) is 136 Å². The lowest BCUT2D eigenvalue weighted by Gasteiger charge is -2.06. The smallest absolute Gasteiger partial charge is 0.221 e. The fraction of sp³-hybridized carbons (Fsp3) is 0.196. The molecule has 81 heavy (non-hydrogen) atoms. The van der Waals surface area contributed by atoms with Crippen molar-refractivity contribution in [1.82, 2.24) is 113 Å². The predicted molar refractivity (Wildman–Crippen MR) is 299 cm³/mol. The number of aliphatic hydroxyl groups excluding tert-OH is 2. The summed E-state index contributed by atoms with van der Waals surface area (Å²) in [4.78, 5) is 27.3. The Morgan fingerprint density at radius 2 is 0.938 bits per heavy atom. The Morgan fingerprint density at radius 1 is 0.481 bits per heavy atom. The van der Waals surface area contributed by atoms with Gasteiger partial charge in [-0.3, -0.25) is 14.0 Å². The fourth-order valence-corrected chi connectivity index (χ4v) is 9.76. The molecule has 25 heteroatoms. The second kappa shape index (κ2) is 21.4. The molecule has 402 valence electrons. The van der Waals surface area contributed by atoms with Crippen molar-refractivity contribution >= 4 is 50.5 Å². The van der Waals surface area contributed by atoms with Crippen LogP contribution < -0.4 is 0 Å². The zero-order valence-corrected chi connectivity index (χ0v) is 44.2. The molecule has 0 bridgehead atoms. The molecule has 0 amide bonds. The minimum atomic E-state index is 0.0355. The van der Waals surface area contributed by atoms with Crippen molar-refractivity contribution in [2.24, 2.45) is 7.05 Å². The highest BCUT2D eigenvalue weighted by atomic mass is 16.3. The van der Waals surface area contributed by atoms with Gasteiger partial charge < -0.3 is 19.0 Å². The summed E-state index contributed by atoms with van der Waals surface area (Å²) >= 11 is 0. The number of aromatic nitrogens is 23. The maximum Gasteiger partial charge on any atom is 0.221 e. The van der Waals surface area contributed by atoms with Crippen molar-refractivity contribution in [1.29, 1.82) is 0 Å². The first-order chi connectivity index (χ1) is 39.7. The van der Waals surface area contributed by atoms with Crippen LogP contribution in [0.25, 0.3) is 84.3 Å². The SMILES string of the molecule is Cc1ccc2ccc(Cn3nnc4ncc(-c5cnn(C)c5)nc43)cn12.Cc1ccc2ccc(Cn3nnc4ncc(-c5cnn(CCO)c5)nc43)cn12.OCCn1cc(-c2cnc3nnn(CC4=CCc5ccccc54)c3n2)cn1. The van der Waals surface area contributed by atoms with Gasteiger partial charge in [0, 0.05) is 77.1 Å². The molecule has 13 heterocycles. The number of allylic oxidation sites excluding steroid dienone is 2. The van der Waals surface area contributed by atoms with E-state index in [9.17, 15) is 0 Å². The first-order valence-electron chi connectivity index (χ1n) is 26.1. The third-order valence-corrected chi connectivity index (χ3v) is 13.9. The molecule has 0 unspecified atom stereocenters. The van der Waals surface area contributed by atoms with Crippen LogP contribution in [0.15, 0.2) is 147 Å². The van der Waals surface area contributed by atoms with Gasteiger partial charge in [-0.1, -0.05) is 58.1 Å².